The zero-order valence-electron chi connectivity index (χ0n) is 20.7. The van der Waals surface area contributed by atoms with Crippen LogP contribution in [0.15, 0.2) is 78.9 Å². The van der Waals surface area contributed by atoms with Crippen molar-refractivity contribution in [1.29, 1.82) is 0 Å². The van der Waals surface area contributed by atoms with E-state index < -0.39 is 6.10 Å². The summed E-state index contributed by atoms with van der Waals surface area (Å²) in [5.74, 6) is 0.495. The number of hydrogen-bond donors (Lipinski definition) is 0. The molecule has 4 nitrogen and oxygen atoms in total. The van der Waals surface area contributed by atoms with Crippen molar-refractivity contribution < 1.29 is 19.0 Å². The highest BCUT2D eigenvalue weighted by Gasteiger charge is 2.22. The highest BCUT2D eigenvalue weighted by atomic mass is 16.6. The van der Waals surface area contributed by atoms with Crippen molar-refractivity contribution in [3.8, 4) is 16.9 Å². The van der Waals surface area contributed by atoms with Gasteiger partial charge in [0.25, 0.3) is 0 Å². The van der Waals surface area contributed by atoms with Crippen LogP contribution in [0.5, 0.6) is 5.75 Å². The summed E-state index contributed by atoms with van der Waals surface area (Å²) >= 11 is 0. The first-order valence-corrected chi connectivity index (χ1v) is 12.6. The Morgan fingerprint density at radius 3 is 2.06 bits per heavy atom. The predicted octanol–water partition coefficient (Wildman–Crippen LogP) is 6.86. The van der Waals surface area contributed by atoms with Gasteiger partial charge in [0.2, 0.25) is 0 Å². The third-order valence-electron chi connectivity index (χ3n) is 6.22. The second kappa shape index (κ2) is 12.4. The largest absolute Gasteiger partial charge is 0.490 e. The Morgan fingerprint density at radius 2 is 1.46 bits per heavy atom. The van der Waals surface area contributed by atoms with Crippen LogP contribution in [0.2, 0.25) is 0 Å². The van der Waals surface area contributed by atoms with Crippen molar-refractivity contribution in [1.82, 2.24) is 0 Å². The molecule has 0 aliphatic heterocycles. The smallest absolute Gasteiger partial charge is 0.335 e. The molecule has 4 heteroatoms. The molecule has 0 heterocycles. The van der Waals surface area contributed by atoms with Gasteiger partial charge in [0.1, 0.15) is 12.4 Å². The van der Waals surface area contributed by atoms with Crippen molar-refractivity contribution in [2.24, 2.45) is 0 Å². The van der Waals surface area contributed by atoms with Crippen LogP contribution in [-0.2, 0) is 20.7 Å². The van der Waals surface area contributed by atoms with E-state index in [1.54, 1.807) is 0 Å². The molecular formula is C31H34O4. The number of fused-ring (bicyclic) bond motifs is 3. The highest BCUT2D eigenvalue weighted by molar-refractivity contribution is 6.01. The summed E-state index contributed by atoms with van der Waals surface area (Å²) in [7, 11) is 0. The lowest BCUT2D eigenvalue weighted by molar-refractivity contribution is -0.156. The molecule has 0 radical (unpaired) electrons. The molecule has 1 unspecified atom stereocenters. The van der Waals surface area contributed by atoms with E-state index in [1.807, 2.05) is 31.2 Å². The van der Waals surface area contributed by atoms with E-state index in [0.717, 1.165) is 30.6 Å². The number of unbranched alkanes of at least 4 members (excludes halogenated alkanes) is 2. The summed E-state index contributed by atoms with van der Waals surface area (Å²) in [4.78, 5) is 12.3. The summed E-state index contributed by atoms with van der Waals surface area (Å²) in [5.41, 5.74) is 7.26. The standard InChI is InChI=1S/C31H34O4/c1-3-5-10-20-35-30(31(32)33-4-2)22-23-15-17-24(18-16-23)34-21-19-29-27-13-8-6-11-25(27)26-12-7-9-14-28(26)29/h6-9,11-19,30H,3-5,10,20-22H2,1-2H3. The first kappa shape index (κ1) is 24.7. The second-order valence-corrected chi connectivity index (χ2v) is 8.69. The lowest BCUT2D eigenvalue weighted by Gasteiger charge is -2.17. The highest BCUT2D eigenvalue weighted by Crippen LogP contribution is 2.43. The average molecular weight is 471 g/mol. The number of carbonyl (C=O) groups excluding carboxylic acids is 1. The number of rotatable bonds is 12. The number of benzene rings is 3. The molecule has 1 aliphatic rings. The molecule has 0 spiro atoms. The fourth-order valence-electron chi connectivity index (χ4n) is 4.45. The monoisotopic (exact) mass is 470 g/mol. The van der Waals surface area contributed by atoms with Crippen LogP contribution < -0.4 is 4.74 Å². The Kier molecular flexibility index (Phi) is 8.74. The molecule has 0 N–H and O–H groups in total. The van der Waals surface area contributed by atoms with Crippen LogP contribution in [0.25, 0.3) is 16.7 Å². The average Bonchev–Trinajstić information content (AvgIpc) is 3.21. The van der Waals surface area contributed by atoms with Gasteiger partial charge < -0.3 is 14.2 Å². The molecule has 4 rings (SSSR count). The van der Waals surface area contributed by atoms with Crippen LogP contribution in [0.4, 0.5) is 0 Å². The van der Waals surface area contributed by atoms with Gasteiger partial charge in [-0.05, 0) is 64.9 Å². The molecule has 0 bridgehead atoms. The van der Waals surface area contributed by atoms with Crippen molar-refractivity contribution >= 4 is 11.5 Å². The van der Waals surface area contributed by atoms with E-state index >= 15 is 0 Å². The van der Waals surface area contributed by atoms with Gasteiger partial charge in [-0.1, -0.05) is 80.4 Å². The SMILES string of the molecule is CCCCCOC(Cc1ccc(OCC=C2c3ccccc3-c3ccccc32)cc1)C(=O)OCC. The van der Waals surface area contributed by atoms with Crippen LogP contribution in [0.3, 0.4) is 0 Å². The van der Waals surface area contributed by atoms with Gasteiger partial charge in [-0.25, -0.2) is 4.79 Å². The Morgan fingerprint density at radius 1 is 0.829 bits per heavy atom. The third-order valence-corrected chi connectivity index (χ3v) is 6.22. The summed E-state index contributed by atoms with van der Waals surface area (Å²) in [6, 6.07) is 24.9. The number of carbonyl (C=O) groups is 1. The summed E-state index contributed by atoms with van der Waals surface area (Å²) in [6.07, 6.45) is 5.22. The number of esters is 1. The lowest BCUT2D eigenvalue weighted by Crippen LogP contribution is -2.29. The fourth-order valence-corrected chi connectivity index (χ4v) is 4.45. The van der Waals surface area contributed by atoms with Crippen molar-refractivity contribution in [2.45, 2.75) is 45.6 Å². The van der Waals surface area contributed by atoms with Crippen LogP contribution >= 0.6 is 0 Å². The second-order valence-electron chi connectivity index (χ2n) is 8.69. The molecule has 3 aromatic rings. The van der Waals surface area contributed by atoms with E-state index in [1.165, 1.54) is 27.8 Å². The summed E-state index contributed by atoms with van der Waals surface area (Å²) in [6.45, 7) is 5.36. The van der Waals surface area contributed by atoms with Crippen molar-refractivity contribution in [2.75, 3.05) is 19.8 Å². The molecule has 0 amide bonds. The van der Waals surface area contributed by atoms with E-state index in [9.17, 15) is 4.79 Å². The van der Waals surface area contributed by atoms with Gasteiger partial charge >= 0.3 is 5.97 Å². The topological polar surface area (TPSA) is 44.8 Å². The van der Waals surface area contributed by atoms with Crippen LogP contribution in [-0.4, -0.2) is 31.9 Å². The molecule has 182 valence electrons. The minimum Gasteiger partial charge on any atom is -0.490 e. The van der Waals surface area contributed by atoms with Crippen molar-refractivity contribution in [3.05, 3.63) is 95.6 Å². The number of ether oxygens (including phenoxy) is 3. The lowest BCUT2D eigenvalue weighted by atomic mass is 10.0. The van der Waals surface area contributed by atoms with E-state index in [0.29, 0.717) is 26.2 Å². The van der Waals surface area contributed by atoms with Gasteiger partial charge in [-0.2, -0.15) is 0 Å². The van der Waals surface area contributed by atoms with Gasteiger partial charge in [0.15, 0.2) is 6.10 Å². The van der Waals surface area contributed by atoms with Gasteiger partial charge in [0.05, 0.1) is 6.61 Å². The molecule has 3 aromatic carbocycles. The quantitative estimate of drug-likeness (QED) is 0.168. The Balaban J connectivity index is 1.38. The van der Waals surface area contributed by atoms with Crippen LogP contribution in [0, 0.1) is 0 Å². The Labute approximate surface area is 208 Å². The minimum absolute atomic E-state index is 0.298. The normalized spacial score (nSPS) is 12.6. The van der Waals surface area contributed by atoms with E-state index in [2.05, 4.69) is 61.5 Å². The summed E-state index contributed by atoms with van der Waals surface area (Å²) < 4.78 is 17.1. The Hall–Kier alpha value is -3.37. The first-order valence-electron chi connectivity index (χ1n) is 12.6. The Bertz CT molecular complexity index is 1100. The molecule has 0 saturated heterocycles. The molecule has 0 aromatic heterocycles. The maximum absolute atomic E-state index is 12.3. The van der Waals surface area contributed by atoms with Crippen molar-refractivity contribution in [3.63, 3.8) is 0 Å². The molecule has 35 heavy (non-hydrogen) atoms. The van der Waals surface area contributed by atoms with E-state index in [4.69, 9.17) is 14.2 Å². The summed E-state index contributed by atoms with van der Waals surface area (Å²) in [5, 5.41) is 0. The molecule has 0 fully saturated rings. The van der Waals surface area contributed by atoms with Gasteiger partial charge in [-0.15, -0.1) is 0 Å². The number of hydrogen-bond acceptors (Lipinski definition) is 4. The van der Waals surface area contributed by atoms with Crippen LogP contribution in [0.1, 0.15) is 49.8 Å². The molecule has 1 aliphatic carbocycles. The van der Waals surface area contributed by atoms with Gasteiger partial charge in [-0.3, -0.25) is 0 Å². The minimum atomic E-state index is -0.578. The molecular weight excluding hydrogens is 436 g/mol. The fraction of sp³-hybridized carbons (Fsp3) is 0.323. The molecule has 0 saturated carbocycles. The zero-order chi connectivity index (χ0) is 24.5. The third kappa shape index (κ3) is 6.20. The van der Waals surface area contributed by atoms with Gasteiger partial charge in [0, 0.05) is 13.0 Å². The maximum Gasteiger partial charge on any atom is 0.335 e. The predicted molar refractivity (Wildman–Crippen MR) is 140 cm³/mol. The maximum atomic E-state index is 12.3. The zero-order valence-corrected chi connectivity index (χ0v) is 20.7. The first-order chi connectivity index (χ1) is 17.2. The van der Waals surface area contributed by atoms with E-state index in [-0.39, 0.29) is 5.97 Å². The molecule has 1 atom stereocenters.